The van der Waals surface area contributed by atoms with Gasteiger partial charge in [-0.15, -0.1) is 11.8 Å². The van der Waals surface area contributed by atoms with E-state index in [1.54, 1.807) is 11.8 Å². The molecule has 0 saturated carbocycles. The van der Waals surface area contributed by atoms with Gasteiger partial charge in [-0.05, 0) is 24.5 Å². The molecule has 0 spiro atoms. The van der Waals surface area contributed by atoms with E-state index in [1.165, 1.54) is 10.5 Å². The lowest BCUT2D eigenvalue weighted by atomic mass is 9.87. The van der Waals surface area contributed by atoms with Crippen molar-refractivity contribution < 1.29 is 4.79 Å². The molecule has 3 nitrogen and oxygen atoms in total. The van der Waals surface area contributed by atoms with Crippen molar-refractivity contribution in [1.29, 1.82) is 0 Å². The lowest BCUT2D eigenvalue weighted by Gasteiger charge is -2.25. The standard InChI is InChI=1S/C15H24N2OS/c1-11-5-7-12(8-6-11)19-10-9-17-14(18)13(16)15(2,3)4/h5-8,13H,9-10,16H2,1-4H3,(H,17,18)/t13-/m1/s1. The summed E-state index contributed by atoms with van der Waals surface area (Å²) in [7, 11) is 0. The highest BCUT2D eigenvalue weighted by Gasteiger charge is 2.26. The Hall–Kier alpha value is -1.00. The number of carbonyl (C=O) groups excluding carboxylic acids is 1. The predicted octanol–water partition coefficient (Wildman–Crippen LogP) is 2.58. The Morgan fingerprint density at radius 3 is 2.42 bits per heavy atom. The molecule has 106 valence electrons. The molecule has 0 unspecified atom stereocenters. The van der Waals surface area contributed by atoms with Crippen LogP contribution in [0, 0.1) is 12.3 Å². The number of thioether (sulfide) groups is 1. The summed E-state index contributed by atoms with van der Waals surface area (Å²) in [6.07, 6.45) is 0. The summed E-state index contributed by atoms with van der Waals surface area (Å²) in [6, 6.07) is 7.93. The number of amides is 1. The topological polar surface area (TPSA) is 55.1 Å². The molecule has 19 heavy (non-hydrogen) atoms. The van der Waals surface area contributed by atoms with E-state index in [1.807, 2.05) is 20.8 Å². The minimum atomic E-state index is -0.461. The van der Waals surface area contributed by atoms with Crippen LogP contribution in [0.5, 0.6) is 0 Å². The number of rotatable bonds is 5. The molecule has 0 aliphatic rings. The first-order valence-corrected chi connectivity index (χ1v) is 7.52. The summed E-state index contributed by atoms with van der Waals surface area (Å²) >= 11 is 1.73. The lowest BCUT2D eigenvalue weighted by molar-refractivity contribution is -0.124. The third kappa shape index (κ3) is 5.66. The summed E-state index contributed by atoms with van der Waals surface area (Å²) in [5.74, 6) is 0.781. The number of nitrogens with one attached hydrogen (secondary N) is 1. The van der Waals surface area contributed by atoms with Crippen molar-refractivity contribution in [3.05, 3.63) is 29.8 Å². The van der Waals surface area contributed by atoms with Crippen LogP contribution in [-0.4, -0.2) is 24.2 Å². The molecule has 0 aromatic heterocycles. The van der Waals surface area contributed by atoms with Crippen LogP contribution in [0.25, 0.3) is 0 Å². The van der Waals surface area contributed by atoms with Crippen LogP contribution in [0.3, 0.4) is 0 Å². The van der Waals surface area contributed by atoms with Gasteiger partial charge in [0.2, 0.25) is 5.91 Å². The summed E-state index contributed by atoms with van der Waals surface area (Å²) in [5, 5.41) is 2.89. The third-order valence-electron chi connectivity index (χ3n) is 2.91. The van der Waals surface area contributed by atoms with E-state index in [2.05, 4.69) is 36.5 Å². The molecule has 0 heterocycles. The molecule has 3 N–H and O–H groups in total. The monoisotopic (exact) mass is 280 g/mol. The molecule has 1 aromatic carbocycles. The second-order valence-corrected chi connectivity index (χ2v) is 6.96. The fraction of sp³-hybridized carbons (Fsp3) is 0.533. The lowest BCUT2D eigenvalue weighted by Crippen LogP contribution is -2.49. The SMILES string of the molecule is Cc1ccc(SCCNC(=O)[C@@H](N)C(C)(C)C)cc1. The van der Waals surface area contributed by atoms with E-state index in [9.17, 15) is 4.79 Å². The Morgan fingerprint density at radius 1 is 1.32 bits per heavy atom. The van der Waals surface area contributed by atoms with Gasteiger partial charge in [0.1, 0.15) is 0 Å². The second kappa shape index (κ2) is 6.96. The zero-order valence-electron chi connectivity index (χ0n) is 12.2. The van der Waals surface area contributed by atoms with E-state index in [0.29, 0.717) is 6.54 Å². The Bertz CT molecular complexity index is 409. The van der Waals surface area contributed by atoms with Gasteiger partial charge in [0.25, 0.3) is 0 Å². The molecule has 4 heteroatoms. The Morgan fingerprint density at radius 2 is 1.89 bits per heavy atom. The summed E-state index contributed by atoms with van der Waals surface area (Å²) in [5.41, 5.74) is 6.94. The van der Waals surface area contributed by atoms with Gasteiger partial charge in [-0.25, -0.2) is 0 Å². The average molecular weight is 280 g/mol. The second-order valence-electron chi connectivity index (χ2n) is 5.80. The van der Waals surface area contributed by atoms with Crippen molar-refractivity contribution in [3.8, 4) is 0 Å². The molecule has 1 atom stereocenters. The average Bonchev–Trinajstić information content (AvgIpc) is 2.34. The minimum absolute atomic E-state index is 0.0722. The van der Waals surface area contributed by atoms with E-state index in [4.69, 9.17) is 5.73 Å². The van der Waals surface area contributed by atoms with Crippen LogP contribution < -0.4 is 11.1 Å². The van der Waals surface area contributed by atoms with Crippen molar-refractivity contribution in [1.82, 2.24) is 5.32 Å². The van der Waals surface area contributed by atoms with E-state index < -0.39 is 6.04 Å². The van der Waals surface area contributed by atoms with Crippen LogP contribution in [0.2, 0.25) is 0 Å². The third-order valence-corrected chi connectivity index (χ3v) is 3.92. The van der Waals surface area contributed by atoms with Crippen molar-refractivity contribution >= 4 is 17.7 Å². The largest absolute Gasteiger partial charge is 0.354 e. The molecule has 0 aliphatic carbocycles. The molecule has 0 radical (unpaired) electrons. The van der Waals surface area contributed by atoms with Gasteiger partial charge < -0.3 is 11.1 Å². The quantitative estimate of drug-likeness (QED) is 0.644. The maximum absolute atomic E-state index is 11.8. The highest BCUT2D eigenvalue weighted by atomic mass is 32.2. The van der Waals surface area contributed by atoms with Crippen LogP contribution in [0.1, 0.15) is 26.3 Å². The minimum Gasteiger partial charge on any atom is -0.354 e. The molecule has 1 amide bonds. The van der Waals surface area contributed by atoms with Gasteiger partial charge >= 0.3 is 0 Å². The van der Waals surface area contributed by atoms with Crippen molar-refractivity contribution in [2.45, 2.75) is 38.6 Å². The number of hydrogen-bond acceptors (Lipinski definition) is 3. The van der Waals surface area contributed by atoms with Crippen LogP contribution in [-0.2, 0) is 4.79 Å². The zero-order chi connectivity index (χ0) is 14.5. The molecule has 0 saturated heterocycles. The normalized spacial score (nSPS) is 13.1. The van der Waals surface area contributed by atoms with E-state index in [0.717, 1.165) is 5.75 Å². The number of carbonyl (C=O) groups is 1. The fourth-order valence-electron chi connectivity index (χ4n) is 1.48. The van der Waals surface area contributed by atoms with Crippen molar-refractivity contribution in [2.75, 3.05) is 12.3 Å². The number of nitrogens with two attached hydrogens (primary N) is 1. The van der Waals surface area contributed by atoms with Gasteiger partial charge in [-0.2, -0.15) is 0 Å². The Balaban J connectivity index is 2.28. The fourth-order valence-corrected chi connectivity index (χ4v) is 2.25. The van der Waals surface area contributed by atoms with Gasteiger partial charge in [0.05, 0.1) is 6.04 Å². The molecule has 0 aliphatic heterocycles. The molecular weight excluding hydrogens is 256 g/mol. The predicted molar refractivity (Wildman–Crippen MR) is 82.3 cm³/mol. The molecule has 1 aromatic rings. The van der Waals surface area contributed by atoms with Gasteiger partial charge in [-0.3, -0.25) is 4.79 Å². The van der Waals surface area contributed by atoms with E-state index in [-0.39, 0.29) is 11.3 Å². The first kappa shape index (κ1) is 16.1. The van der Waals surface area contributed by atoms with Crippen LogP contribution >= 0.6 is 11.8 Å². The molecule has 0 bridgehead atoms. The maximum atomic E-state index is 11.8. The molecule has 0 fully saturated rings. The number of benzene rings is 1. The molecular formula is C15H24N2OS. The van der Waals surface area contributed by atoms with E-state index >= 15 is 0 Å². The first-order valence-electron chi connectivity index (χ1n) is 6.53. The number of aryl methyl sites for hydroxylation is 1. The van der Waals surface area contributed by atoms with Crippen LogP contribution in [0.15, 0.2) is 29.2 Å². The van der Waals surface area contributed by atoms with Gasteiger partial charge in [0.15, 0.2) is 0 Å². The summed E-state index contributed by atoms with van der Waals surface area (Å²) in [4.78, 5) is 13.0. The highest BCUT2D eigenvalue weighted by Crippen LogP contribution is 2.18. The summed E-state index contributed by atoms with van der Waals surface area (Å²) in [6.45, 7) is 8.62. The van der Waals surface area contributed by atoms with Gasteiger partial charge in [0, 0.05) is 17.2 Å². The van der Waals surface area contributed by atoms with Crippen molar-refractivity contribution in [3.63, 3.8) is 0 Å². The first-order chi connectivity index (χ1) is 8.80. The Labute approximate surface area is 120 Å². The smallest absolute Gasteiger partial charge is 0.237 e. The van der Waals surface area contributed by atoms with Crippen molar-refractivity contribution in [2.24, 2.45) is 11.1 Å². The maximum Gasteiger partial charge on any atom is 0.237 e. The number of hydrogen-bond donors (Lipinski definition) is 2. The molecule has 1 rings (SSSR count). The summed E-state index contributed by atoms with van der Waals surface area (Å²) < 4.78 is 0. The van der Waals surface area contributed by atoms with Gasteiger partial charge in [-0.1, -0.05) is 38.5 Å². The Kier molecular flexibility index (Phi) is 5.88. The zero-order valence-corrected chi connectivity index (χ0v) is 13.0. The van der Waals surface area contributed by atoms with Crippen LogP contribution in [0.4, 0.5) is 0 Å². The highest BCUT2D eigenvalue weighted by molar-refractivity contribution is 7.99.